The Morgan fingerprint density at radius 2 is 2.24 bits per heavy atom. The summed E-state index contributed by atoms with van der Waals surface area (Å²) in [4.78, 5) is 0. The number of nitrogens with zero attached hydrogens (tertiary/aromatic N) is 2. The van der Waals surface area contributed by atoms with Gasteiger partial charge in [-0.15, -0.1) is 0 Å². The molecule has 1 aromatic rings. The molecule has 1 fully saturated rings. The van der Waals surface area contributed by atoms with Crippen molar-refractivity contribution in [3.63, 3.8) is 0 Å². The summed E-state index contributed by atoms with van der Waals surface area (Å²) >= 11 is 5.99. The lowest BCUT2D eigenvalue weighted by Gasteiger charge is -2.18. The predicted octanol–water partition coefficient (Wildman–Crippen LogP) is 2.00. The first kappa shape index (κ1) is 12.2. The molecule has 0 spiro atoms. The van der Waals surface area contributed by atoms with Crippen LogP contribution in [0.2, 0.25) is 5.02 Å². The summed E-state index contributed by atoms with van der Waals surface area (Å²) in [5.41, 5.74) is 0.800. The van der Waals surface area contributed by atoms with Gasteiger partial charge in [0.05, 0.1) is 28.1 Å². The first-order chi connectivity index (χ1) is 7.94. The monoisotopic (exact) mass is 270 g/mol. The van der Waals surface area contributed by atoms with E-state index in [4.69, 9.17) is 16.9 Å². The maximum absolute atomic E-state index is 11.9. The van der Waals surface area contributed by atoms with E-state index < -0.39 is 10.0 Å². The molecule has 1 aromatic carbocycles. The first-order valence-electron chi connectivity index (χ1n) is 5.14. The Labute approximate surface area is 105 Å². The highest BCUT2D eigenvalue weighted by Crippen LogP contribution is 2.33. The summed E-state index contributed by atoms with van der Waals surface area (Å²) in [5, 5.41) is 9.17. The minimum Gasteiger partial charge on any atom is -0.268 e. The van der Waals surface area contributed by atoms with Crippen LogP contribution in [0, 0.1) is 17.2 Å². The van der Waals surface area contributed by atoms with Crippen molar-refractivity contribution in [1.82, 2.24) is 0 Å². The third kappa shape index (κ3) is 2.24. The van der Waals surface area contributed by atoms with Crippen LogP contribution < -0.4 is 4.31 Å². The molecule has 0 saturated carbocycles. The maximum Gasteiger partial charge on any atom is 0.235 e. The molecule has 90 valence electrons. The highest BCUT2D eigenvalue weighted by atomic mass is 35.5. The van der Waals surface area contributed by atoms with E-state index in [1.807, 2.05) is 13.0 Å². The van der Waals surface area contributed by atoms with Gasteiger partial charge >= 0.3 is 0 Å². The summed E-state index contributed by atoms with van der Waals surface area (Å²) in [6.07, 6.45) is 0. The molecule has 0 aromatic heterocycles. The quantitative estimate of drug-likeness (QED) is 0.784. The molecule has 1 unspecified atom stereocenters. The summed E-state index contributed by atoms with van der Waals surface area (Å²) in [6.45, 7) is 2.29. The van der Waals surface area contributed by atoms with E-state index in [-0.39, 0.29) is 11.7 Å². The molecule has 1 aliphatic heterocycles. The molecule has 0 radical (unpaired) electrons. The third-order valence-corrected chi connectivity index (χ3v) is 4.98. The Balaban J connectivity index is 2.51. The van der Waals surface area contributed by atoms with Crippen LogP contribution in [0.5, 0.6) is 0 Å². The molecule has 0 bridgehead atoms. The normalized spacial score (nSPS) is 22.4. The van der Waals surface area contributed by atoms with Gasteiger partial charge < -0.3 is 0 Å². The zero-order valence-corrected chi connectivity index (χ0v) is 10.8. The topological polar surface area (TPSA) is 61.2 Å². The van der Waals surface area contributed by atoms with Crippen LogP contribution in [0.1, 0.15) is 12.5 Å². The average Bonchev–Trinajstić information content (AvgIpc) is 2.52. The minimum absolute atomic E-state index is 0.0711. The van der Waals surface area contributed by atoms with Gasteiger partial charge in [0.2, 0.25) is 10.0 Å². The number of rotatable bonds is 1. The van der Waals surface area contributed by atoms with Gasteiger partial charge in [-0.3, -0.25) is 4.31 Å². The average molecular weight is 271 g/mol. The summed E-state index contributed by atoms with van der Waals surface area (Å²) in [7, 11) is -3.30. The fourth-order valence-electron chi connectivity index (χ4n) is 1.92. The van der Waals surface area contributed by atoms with Crippen molar-refractivity contribution in [3.8, 4) is 6.07 Å². The first-order valence-corrected chi connectivity index (χ1v) is 7.13. The smallest absolute Gasteiger partial charge is 0.235 e. The molecule has 1 aliphatic rings. The van der Waals surface area contributed by atoms with Crippen LogP contribution in [-0.4, -0.2) is 20.7 Å². The zero-order chi connectivity index (χ0) is 12.6. The van der Waals surface area contributed by atoms with Gasteiger partial charge in [-0.05, 0) is 24.1 Å². The SMILES string of the molecule is CC1CN(c2cc(C#N)ccc2Cl)S(=O)(=O)C1. The standard InChI is InChI=1S/C11H11ClN2O2S/c1-8-6-14(17(15,16)7-8)11-4-9(5-13)2-3-10(11)12/h2-4,8H,6-7H2,1H3. The zero-order valence-electron chi connectivity index (χ0n) is 9.22. The summed E-state index contributed by atoms with van der Waals surface area (Å²) in [6, 6.07) is 6.61. The molecular weight excluding hydrogens is 260 g/mol. The predicted molar refractivity (Wildman–Crippen MR) is 66.5 cm³/mol. The fraction of sp³-hybridized carbons (Fsp3) is 0.364. The highest BCUT2D eigenvalue weighted by molar-refractivity contribution is 7.93. The van der Waals surface area contributed by atoms with Crippen molar-refractivity contribution in [2.45, 2.75) is 6.92 Å². The molecule has 1 atom stereocenters. The van der Waals surface area contributed by atoms with Gasteiger partial charge in [0.25, 0.3) is 0 Å². The highest BCUT2D eigenvalue weighted by Gasteiger charge is 2.34. The van der Waals surface area contributed by atoms with E-state index in [1.54, 1.807) is 12.1 Å². The van der Waals surface area contributed by atoms with Crippen molar-refractivity contribution in [2.75, 3.05) is 16.6 Å². The van der Waals surface area contributed by atoms with E-state index in [0.29, 0.717) is 22.8 Å². The van der Waals surface area contributed by atoms with E-state index >= 15 is 0 Å². The fourth-order valence-corrected chi connectivity index (χ4v) is 4.13. The van der Waals surface area contributed by atoms with E-state index in [2.05, 4.69) is 0 Å². The third-order valence-electron chi connectivity index (χ3n) is 2.65. The van der Waals surface area contributed by atoms with Gasteiger partial charge in [-0.1, -0.05) is 18.5 Å². The molecule has 1 saturated heterocycles. The van der Waals surface area contributed by atoms with Crippen LogP contribution in [0.15, 0.2) is 18.2 Å². The van der Waals surface area contributed by atoms with Crippen molar-refractivity contribution >= 4 is 27.3 Å². The molecule has 4 nitrogen and oxygen atoms in total. The van der Waals surface area contributed by atoms with Crippen molar-refractivity contribution in [1.29, 1.82) is 5.26 Å². The van der Waals surface area contributed by atoms with Crippen molar-refractivity contribution in [2.24, 2.45) is 5.92 Å². The lowest BCUT2D eigenvalue weighted by molar-refractivity contribution is 0.598. The summed E-state index contributed by atoms with van der Waals surface area (Å²) < 4.78 is 25.1. The number of nitriles is 1. The Kier molecular flexibility index (Phi) is 3.02. The Bertz CT molecular complexity index is 592. The minimum atomic E-state index is -3.30. The molecular formula is C11H11ClN2O2S. The number of benzene rings is 1. The van der Waals surface area contributed by atoms with Crippen LogP contribution >= 0.6 is 11.6 Å². The second kappa shape index (κ2) is 4.21. The molecule has 0 aliphatic carbocycles. The van der Waals surface area contributed by atoms with Gasteiger partial charge in [0.15, 0.2) is 0 Å². The lowest BCUT2D eigenvalue weighted by Crippen LogP contribution is -2.25. The van der Waals surface area contributed by atoms with E-state index in [9.17, 15) is 8.42 Å². The number of hydrogen-bond donors (Lipinski definition) is 0. The lowest BCUT2D eigenvalue weighted by atomic mass is 10.2. The maximum atomic E-state index is 11.9. The summed E-state index contributed by atoms with van der Waals surface area (Å²) in [5.74, 6) is 0.196. The van der Waals surface area contributed by atoms with Crippen LogP contribution in [0.3, 0.4) is 0 Å². The van der Waals surface area contributed by atoms with Gasteiger partial charge in [0.1, 0.15) is 0 Å². The molecule has 2 rings (SSSR count). The van der Waals surface area contributed by atoms with Crippen LogP contribution in [0.4, 0.5) is 5.69 Å². The Morgan fingerprint density at radius 3 is 2.76 bits per heavy atom. The molecule has 1 heterocycles. The second-order valence-electron chi connectivity index (χ2n) is 4.19. The Morgan fingerprint density at radius 1 is 1.53 bits per heavy atom. The number of hydrogen-bond acceptors (Lipinski definition) is 3. The molecule has 6 heteroatoms. The number of anilines is 1. The van der Waals surface area contributed by atoms with E-state index in [0.717, 1.165) is 0 Å². The Hall–Kier alpha value is -1.25. The number of sulfonamides is 1. The molecule has 17 heavy (non-hydrogen) atoms. The molecule has 0 N–H and O–H groups in total. The van der Waals surface area contributed by atoms with Gasteiger partial charge in [-0.25, -0.2) is 8.42 Å². The second-order valence-corrected chi connectivity index (χ2v) is 6.54. The van der Waals surface area contributed by atoms with Crippen molar-refractivity contribution < 1.29 is 8.42 Å². The number of halogens is 1. The van der Waals surface area contributed by atoms with Crippen LogP contribution in [-0.2, 0) is 10.0 Å². The largest absolute Gasteiger partial charge is 0.268 e. The van der Waals surface area contributed by atoms with Crippen LogP contribution in [0.25, 0.3) is 0 Å². The van der Waals surface area contributed by atoms with Crippen molar-refractivity contribution in [3.05, 3.63) is 28.8 Å². The van der Waals surface area contributed by atoms with Gasteiger partial charge in [0, 0.05) is 6.54 Å². The van der Waals surface area contributed by atoms with E-state index in [1.165, 1.54) is 10.4 Å². The van der Waals surface area contributed by atoms with Gasteiger partial charge in [-0.2, -0.15) is 5.26 Å². The molecule has 0 amide bonds.